The normalized spacial score (nSPS) is 18.3. The molecule has 4 nitrogen and oxygen atoms in total. The summed E-state index contributed by atoms with van der Waals surface area (Å²) in [7, 11) is 0. The molecule has 1 amide bonds. The fourth-order valence-electron chi connectivity index (χ4n) is 1.96. The van der Waals surface area contributed by atoms with Gasteiger partial charge in [0.15, 0.2) is 0 Å². The molecule has 4 heteroatoms. The van der Waals surface area contributed by atoms with Crippen LogP contribution < -0.4 is 5.32 Å². The Kier molecular flexibility index (Phi) is 3.72. The van der Waals surface area contributed by atoms with Crippen LogP contribution in [-0.2, 0) is 4.79 Å². The van der Waals surface area contributed by atoms with Gasteiger partial charge >= 0.3 is 6.09 Å². The molecule has 1 rings (SSSR count). The summed E-state index contributed by atoms with van der Waals surface area (Å²) in [5.74, 6) is 0.681. The Balaban J connectivity index is 2.40. The number of carbonyl (C=O) groups excluding carboxylic acids is 1. The molecule has 0 aliphatic heterocycles. The molecule has 1 unspecified atom stereocenters. The number of hydrogen-bond donors (Lipinski definition) is 2. The highest BCUT2D eigenvalue weighted by molar-refractivity contribution is 5.65. The maximum atomic E-state index is 10.9. The summed E-state index contributed by atoms with van der Waals surface area (Å²) in [4.78, 5) is 21.4. The second-order valence-electron chi connectivity index (χ2n) is 5.09. The predicted octanol–water partition coefficient (Wildman–Crippen LogP) is 2.04. The zero-order valence-electron chi connectivity index (χ0n) is 9.32. The van der Waals surface area contributed by atoms with Gasteiger partial charge in [0.25, 0.3) is 0 Å². The third kappa shape index (κ3) is 4.81. The molecule has 0 spiro atoms. The Morgan fingerprint density at radius 1 is 1.60 bits per heavy atom. The summed E-state index contributed by atoms with van der Waals surface area (Å²) < 4.78 is 0. The highest BCUT2D eigenvalue weighted by atomic mass is 16.4. The summed E-state index contributed by atoms with van der Waals surface area (Å²) in [5.41, 5.74) is -0.522. The average molecular weight is 213 g/mol. The van der Waals surface area contributed by atoms with Crippen LogP contribution in [0, 0.1) is 11.8 Å². The van der Waals surface area contributed by atoms with Crippen molar-refractivity contribution in [1.29, 1.82) is 0 Å². The lowest BCUT2D eigenvalue weighted by molar-refractivity contribution is -0.112. The minimum atomic E-state index is -1.03. The fourth-order valence-corrected chi connectivity index (χ4v) is 1.96. The lowest BCUT2D eigenvalue weighted by Crippen LogP contribution is -2.44. The number of rotatable bonds is 6. The predicted molar refractivity (Wildman–Crippen MR) is 56.8 cm³/mol. The van der Waals surface area contributed by atoms with Crippen LogP contribution in [0.1, 0.15) is 39.5 Å². The SMILES string of the molecule is CC(C)(CC(C=O)CC1CC1)NC(=O)O. The van der Waals surface area contributed by atoms with E-state index in [2.05, 4.69) is 5.32 Å². The lowest BCUT2D eigenvalue weighted by Gasteiger charge is -2.27. The van der Waals surface area contributed by atoms with Crippen molar-refractivity contribution in [3.63, 3.8) is 0 Å². The van der Waals surface area contributed by atoms with Gasteiger partial charge in [-0.05, 0) is 32.6 Å². The van der Waals surface area contributed by atoms with E-state index >= 15 is 0 Å². The van der Waals surface area contributed by atoms with Gasteiger partial charge in [0.05, 0.1) is 0 Å². The topological polar surface area (TPSA) is 66.4 Å². The number of nitrogens with one attached hydrogen (secondary N) is 1. The van der Waals surface area contributed by atoms with Crippen molar-refractivity contribution in [3.05, 3.63) is 0 Å². The van der Waals surface area contributed by atoms with Crippen LogP contribution in [0.15, 0.2) is 0 Å². The van der Waals surface area contributed by atoms with E-state index in [0.29, 0.717) is 12.3 Å². The molecule has 0 saturated heterocycles. The molecular formula is C11H19NO3. The highest BCUT2D eigenvalue weighted by Gasteiger charge is 2.30. The first-order chi connectivity index (χ1) is 6.93. The van der Waals surface area contributed by atoms with Gasteiger partial charge in [-0.3, -0.25) is 0 Å². The van der Waals surface area contributed by atoms with E-state index in [0.717, 1.165) is 12.7 Å². The zero-order valence-corrected chi connectivity index (χ0v) is 9.32. The maximum Gasteiger partial charge on any atom is 0.405 e. The van der Waals surface area contributed by atoms with Gasteiger partial charge in [0.1, 0.15) is 6.29 Å². The van der Waals surface area contributed by atoms with Gasteiger partial charge in [-0.2, -0.15) is 0 Å². The van der Waals surface area contributed by atoms with E-state index in [1.54, 1.807) is 0 Å². The van der Waals surface area contributed by atoms with Crippen LogP contribution >= 0.6 is 0 Å². The Morgan fingerprint density at radius 3 is 2.60 bits per heavy atom. The van der Waals surface area contributed by atoms with Crippen LogP contribution in [0.25, 0.3) is 0 Å². The molecule has 0 bridgehead atoms. The smallest absolute Gasteiger partial charge is 0.405 e. The molecule has 1 fully saturated rings. The van der Waals surface area contributed by atoms with Gasteiger partial charge < -0.3 is 15.2 Å². The average Bonchev–Trinajstić information content (AvgIpc) is 2.83. The maximum absolute atomic E-state index is 10.9. The van der Waals surface area contributed by atoms with Gasteiger partial charge in [-0.15, -0.1) is 0 Å². The van der Waals surface area contributed by atoms with E-state index in [1.807, 2.05) is 13.8 Å². The molecule has 1 atom stereocenters. The first-order valence-electron chi connectivity index (χ1n) is 5.39. The van der Waals surface area contributed by atoms with Gasteiger partial charge in [0, 0.05) is 11.5 Å². The molecule has 2 N–H and O–H groups in total. The minimum Gasteiger partial charge on any atom is -0.465 e. The van der Waals surface area contributed by atoms with Gasteiger partial charge in [-0.1, -0.05) is 12.8 Å². The van der Waals surface area contributed by atoms with E-state index in [9.17, 15) is 9.59 Å². The molecular weight excluding hydrogens is 194 g/mol. The Labute approximate surface area is 90.0 Å². The number of amides is 1. The molecule has 0 aromatic rings. The minimum absolute atomic E-state index is 0.0145. The molecule has 1 saturated carbocycles. The Morgan fingerprint density at radius 2 is 2.20 bits per heavy atom. The van der Waals surface area contributed by atoms with Crippen LogP contribution in [0.5, 0.6) is 0 Å². The quantitative estimate of drug-likeness (QED) is 0.663. The van der Waals surface area contributed by atoms with Gasteiger partial charge in [0.2, 0.25) is 0 Å². The van der Waals surface area contributed by atoms with Crippen LogP contribution in [0.3, 0.4) is 0 Å². The van der Waals surface area contributed by atoms with E-state index in [-0.39, 0.29) is 5.92 Å². The summed E-state index contributed by atoms with van der Waals surface area (Å²) in [6, 6.07) is 0. The van der Waals surface area contributed by atoms with E-state index in [1.165, 1.54) is 12.8 Å². The first kappa shape index (κ1) is 12.0. The summed E-state index contributed by atoms with van der Waals surface area (Å²) in [6.45, 7) is 3.62. The number of hydrogen-bond acceptors (Lipinski definition) is 2. The first-order valence-corrected chi connectivity index (χ1v) is 5.39. The van der Waals surface area contributed by atoms with Crippen molar-refractivity contribution in [3.8, 4) is 0 Å². The van der Waals surface area contributed by atoms with Crippen molar-refractivity contribution >= 4 is 12.4 Å². The van der Waals surface area contributed by atoms with Crippen molar-refractivity contribution in [2.75, 3.05) is 0 Å². The largest absolute Gasteiger partial charge is 0.465 e. The molecule has 15 heavy (non-hydrogen) atoms. The molecule has 86 valence electrons. The van der Waals surface area contributed by atoms with Crippen molar-refractivity contribution in [2.45, 2.75) is 45.1 Å². The highest BCUT2D eigenvalue weighted by Crippen LogP contribution is 2.36. The molecule has 0 heterocycles. The van der Waals surface area contributed by atoms with Crippen molar-refractivity contribution < 1.29 is 14.7 Å². The monoisotopic (exact) mass is 213 g/mol. The molecule has 1 aliphatic rings. The number of carboxylic acid groups (broad SMARTS) is 1. The molecule has 0 aromatic heterocycles. The van der Waals surface area contributed by atoms with Crippen LogP contribution in [0.2, 0.25) is 0 Å². The standard InChI is InChI=1S/C11H19NO3/c1-11(2,12-10(14)15)6-9(7-13)5-8-3-4-8/h7-9,12H,3-6H2,1-2H3,(H,14,15). The fraction of sp³-hybridized carbons (Fsp3) is 0.818. The lowest BCUT2D eigenvalue weighted by atomic mass is 9.88. The van der Waals surface area contributed by atoms with Gasteiger partial charge in [-0.25, -0.2) is 4.79 Å². The third-order valence-corrected chi connectivity index (χ3v) is 2.74. The molecule has 0 radical (unpaired) electrons. The summed E-state index contributed by atoms with van der Waals surface area (Å²) in [5, 5.41) is 11.1. The van der Waals surface area contributed by atoms with Crippen molar-refractivity contribution in [2.24, 2.45) is 11.8 Å². The Bertz CT molecular complexity index is 246. The van der Waals surface area contributed by atoms with Crippen LogP contribution in [-0.4, -0.2) is 23.0 Å². The number of carbonyl (C=O) groups is 2. The third-order valence-electron chi connectivity index (χ3n) is 2.74. The molecule has 1 aliphatic carbocycles. The number of aldehydes is 1. The second-order valence-corrected chi connectivity index (χ2v) is 5.09. The van der Waals surface area contributed by atoms with E-state index < -0.39 is 11.6 Å². The summed E-state index contributed by atoms with van der Waals surface area (Å²) in [6.07, 6.45) is 3.86. The summed E-state index contributed by atoms with van der Waals surface area (Å²) >= 11 is 0. The zero-order chi connectivity index (χ0) is 11.5. The van der Waals surface area contributed by atoms with Crippen molar-refractivity contribution in [1.82, 2.24) is 5.32 Å². The molecule has 0 aromatic carbocycles. The van der Waals surface area contributed by atoms with Crippen LogP contribution in [0.4, 0.5) is 4.79 Å². The van der Waals surface area contributed by atoms with E-state index in [4.69, 9.17) is 5.11 Å². The Hall–Kier alpha value is -1.06. The second kappa shape index (κ2) is 4.64.